The Bertz CT molecular complexity index is 638. The largest absolute Gasteiger partial charge is 0.481 e. The number of anilines is 1. The molecule has 0 aliphatic carbocycles. The molecule has 0 amide bonds. The lowest BCUT2D eigenvalue weighted by Gasteiger charge is -2.12. The zero-order chi connectivity index (χ0) is 14.4. The van der Waals surface area contributed by atoms with Crippen LogP contribution in [0.2, 0.25) is 0 Å². The van der Waals surface area contributed by atoms with Gasteiger partial charge in [-0.1, -0.05) is 21.9 Å². The monoisotopic (exact) mass is 394 g/mol. The van der Waals surface area contributed by atoms with Gasteiger partial charge in [-0.25, -0.2) is 4.98 Å². The Kier molecular flexibility index (Phi) is 5.45. The maximum Gasteiger partial charge on any atom is 0.148 e. The zero-order valence-corrected chi connectivity index (χ0v) is 13.7. The molecule has 1 aromatic heterocycles. The molecule has 0 aliphatic heterocycles. The standard InChI is InChI=1S/C15H12Br2N2O/c1-2-8-20-14-6-5-12(16)9-11(14)10-19-13-4-3-7-18-15(13)17/h1,3-7,9,19H,8,10H2. The Balaban J connectivity index is 2.14. The van der Waals surface area contributed by atoms with E-state index in [0.29, 0.717) is 6.54 Å². The van der Waals surface area contributed by atoms with E-state index in [4.69, 9.17) is 11.2 Å². The molecule has 0 radical (unpaired) electrons. The quantitative estimate of drug-likeness (QED) is 0.607. The number of ether oxygens (including phenoxy) is 1. The van der Waals surface area contributed by atoms with Crippen molar-refractivity contribution in [2.75, 3.05) is 11.9 Å². The molecule has 20 heavy (non-hydrogen) atoms. The minimum atomic E-state index is 0.255. The van der Waals surface area contributed by atoms with Gasteiger partial charge in [0.15, 0.2) is 0 Å². The van der Waals surface area contributed by atoms with Crippen LogP contribution in [0, 0.1) is 12.3 Å². The highest BCUT2D eigenvalue weighted by Gasteiger charge is 2.06. The van der Waals surface area contributed by atoms with Gasteiger partial charge in [0.1, 0.15) is 17.0 Å². The molecule has 0 bridgehead atoms. The van der Waals surface area contributed by atoms with Crippen molar-refractivity contribution in [2.45, 2.75) is 6.54 Å². The molecule has 0 unspecified atom stereocenters. The van der Waals surface area contributed by atoms with Crippen LogP contribution in [0.4, 0.5) is 5.69 Å². The predicted molar refractivity (Wildman–Crippen MR) is 87.7 cm³/mol. The summed E-state index contributed by atoms with van der Waals surface area (Å²) in [6.45, 7) is 0.870. The highest BCUT2D eigenvalue weighted by molar-refractivity contribution is 9.10. The third-order valence-corrected chi connectivity index (χ3v) is 3.69. The fraction of sp³-hybridized carbons (Fsp3) is 0.133. The molecule has 102 valence electrons. The van der Waals surface area contributed by atoms with Crippen molar-refractivity contribution < 1.29 is 4.74 Å². The third kappa shape index (κ3) is 3.99. The summed E-state index contributed by atoms with van der Waals surface area (Å²) in [7, 11) is 0. The second kappa shape index (κ2) is 7.32. The van der Waals surface area contributed by atoms with E-state index in [-0.39, 0.29) is 6.61 Å². The van der Waals surface area contributed by atoms with Gasteiger partial charge < -0.3 is 10.1 Å². The van der Waals surface area contributed by atoms with Gasteiger partial charge in [0.05, 0.1) is 5.69 Å². The van der Waals surface area contributed by atoms with Crippen LogP contribution in [0.5, 0.6) is 5.75 Å². The number of halogens is 2. The van der Waals surface area contributed by atoms with Gasteiger partial charge in [0.2, 0.25) is 0 Å². The smallest absolute Gasteiger partial charge is 0.148 e. The summed E-state index contributed by atoms with van der Waals surface area (Å²) < 4.78 is 7.31. The van der Waals surface area contributed by atoms with Crippen LogP contribution in [0.1, 0.15) is 5.56 Å². The van der Waals surface area contributed by atoms with E-state index in [1.807, 2.05) is 30.3 Å². The molecule has 1 N–H and O–H groups in total. The lowest BCUT2D eigenvalue weighted by atomic mass is 10.2. The molecular formula is C15H12Br2N2O. The minimum absolute atomic E-state index is 0.255. The van der Waals surface area contributed by atoms with Gasteiger partial charge in [-0.05, 0) is 46.3 Å². The van der Waals surface area contributed by atoms with Crippen molar-refractivity contribution in [3.8, 4) is 18.1 Å². The molecule has 1 aromatic carbocycles. The second-order valence-electron chi connectivity index (χ2n) is 3.94. The molecule has 0 fully saturated rings. The number of nitrogens with zero attached hydrogens (tertiary/aromatic N) is 1. The lowest BCUT2D eigenvalue weighted by molar-refractivity contribution is 0.366. The molecule has 2 rings (SSSR count). The van der Waals surface area contributed by atoms with Crippen LogP contribution in [0.25, 0.3) is 0 Å². The van der Waals surface area contributed by atoms with Crippen molar-refractivity contribution in [1.29, 1.82) is 0 Å². The van der Waals surface area contributed by atoms with E-state index < -0.39 is 0 Å². The Morgan fingerprint density at radius 2 is 2.15 bits per heavy atom. The maximum absolute atomic E-state index is 5.54. The Labute approximate surface area is 135 Å². The first kappa shape index (κ1) is 14.9. The zero-order valence-electron chi connectivity index (χ0n) is 10.6. The number of nitrogens with one attached hydrogen (secondary N) is 1. The van der Waals surface area contributed by atoms with Crippen LogP contribution in [0.3, 0.4) is 0 Å². The van der Waals surface area contributed by atoms with E-state index >= 15 is 0 Å². The molecule has 0 atom stereocenters. The number of pyridine rings is 1. The highest BCUT2D eigenvalue weighted by Crippen LogP contribution is 2.25. The van der Waals surface area contributed by atoms with Crippen LogP contribution in [0.15, 0.2) is 45.6 Å². The summed E-state index contributed by atoms with van der Waals surface area (Å²) in [4.78, 5) is 4.17. The Morgan fingerprint density at radius 3 is 2.90 bits per heavy atom. The molecule has 0 spiro atoms. The van der Waals surface area contributed by atoms with Crippen molar-refractivity contribution in [2.24, 2.45) is 0 Å². The van der Waals surface area contributed by atoms with Crippen LogP contribution in [-0.4, -0.2) is 11.6 Å². The highest BCUT2D eigenvalue weighted by atomic mass is 79.9. The van der Waals surface area contributed by atoms with Gasteiger partial charge in [0.25, 0.3) is 0 Å². The van der Waals surface area contributed by atoms with Crippen molar-refractivity contribution in [3.05, 3.63) is 51.2 Å². The van der Waals surface area contributed by atoms with E-state index in [2.05, 4.69) is 48.1 Å². The molecule has 0 saturated carbocycles. The second-order valence-corrected chi connectivity index (χ2v) is 5.61. The van der Waals surface area contributed by atoms with Gasteiger partial charge in [0, 0.05) is 22.8 Å². The summed E-state index contributed by atoms with van der Waals surface area (Å²) in [6, 6.07) is 9.66. The fourth-order valence-corrected chi connectivity index (χ4v) is 2.45. The number of terminal acetylenes is 1. The van der Waals surface area contributed by atoms with Gasteiger partial charge >= 0.3 is 0 Å². The predicted octanol–water partition coefficient (Wildman–Crippen LogP) is 4.23. The molecule has 0 saturated heterocycles. The van der Waals surface area contributed by atoms with Crippen LogP contribution in [-0.2, 0) is 6.54 Å². The van der Waals surface area contributed by atoms with Crippen molar-refractivity contribution in [1.82, 2.24) is 4.98 Å². The Morgan fingerprint density at radius 1 is 1.30 bits per heavy atom. The average molecular weight is 396 g/mol. The van der Waals surface area contributed by atoms with Crippen LogP contribution >= 0.6 is 31.9 Å². The molecule has 5 heteroatoms. The fourth-order valence-electron chi connectivity index (χ4n) is 1.65. The van der Waals surface area contributed by atoms with Gasteiger partial charge in [-0.15, -0.1) is 6.42 Å². The first-order chi connectivity index (χ1) is 9.70. The van der Waals surface area contributed by atoms with Crippen LogP contribution < -0.4 is 10.1 Å². The molecule has 3 nitrogen and oxygen atoms in total. The number of hydrogen-bond acceptors (Lipinski definition) is 3. The summed E-state index contributed by atoms with van der Waals surface area (Å²) >= 11 is 6.86. The molecule has 2 aromatic rings. The summed E-state index contributed by atoms with van der Waals surface area (Å²) in [5.41, 5.74) is 1.95. The summed E-state index contributed by atoms with van der Waals surface area (Å²) in [5.74, 6) is 3.25. The van der Waals surface area contributed by atoms with Crippen molar-refractivity contribution in [3.63, 3.8) is 0 Å². The normalized spacial score (nSPS) is 9.85. The van der Waals surface area contributed by atoms with E-state index in [1.54, 1.807) is 6.20 Å². The number of rotatable bonds is 5. The number of aromatic nitrogens is 1. The molecule has 0 aliphatic rings. The van der Waals surface area contributed by atoms with Crippen molar-refractivity contribution >= 4 is 37.5 Å². The molecule has 1 heterocycles. The summed E-state index contributed by atoms with van der Waals surface area (Å²) in [5, 5.41) is 3.31. The number of benzene rings is 1. The van der Waals surface area contributed by atoms with E-state index in [9.17, 15) is 0 Å². The SMILES string of the molecule is C#CCOc1ccc(Br)cc1CNc1cccnc1Br. The third-order valence-electron chi connectivity index (χ3n) is 2.56. The van der Waals surface area contributed by atoms with Gasteiger partial charge in [-0.2, -0.15) is 0 Å². The number of hydrogen-bond donors (Lipinski definition) is 1. The Hall–Kier alpha value is -1.51. The minimum Gasteiger partial charge on any atom is -0.481 e. The summed E-state index contributed by atoms with van der Waals surface area (Å²) in [6.07, 6.45) is 6.96. The van der Waals surface area contributed by atoms with E-state index in [1.165, 1.54) is 0 Å². The lowest BCUT2D eigenvalue weighted by Crippen LogP contribution is -2.04. The van der Waals surface area contributed by atoms with Gasteiger partial charge in [-0.3, -0.25) is 0 Å². The topological polar surface area (TPSA) is 34.1 Å². The van der Waals surface area contributed by atoms with E-state index in [0.717, 1.165) is 26.1 Å². The maximum atomic E-state index is 5.54. The molecular weight excluding hydrogens is 384 g/mol. The first-order valence-electron chi connectivity index (χ1n) is 5.90. The average Bonchev–Trinajstić information content (AvgIpc) is 2.45. The first-order valence-corrected chi connectivity index (χ1v) is 7.48.